The molecule has 8 heteroatoms. The van der Waals surface area contributed by atoms with Crippen molar-refractivity contribution in [1.29, 1.82) is 0 Å². The maximum Gasteiger partial charge on any atom is 0.333 e. The standard InChI is InChI=1S/C21H21N3O5/c1-11-8-14(20(27)28)6-7-17(11)24-12(2)9-15(13(24)3)10-16-18(25)22(4)21(29)23(5)19(16)26/h6-10H,1-5H3,(H,27,28)/p-1. The van der Waals surface area contributed by atoms with Crippen LogP contribution < -0.4 is 5.11 Å². The number of barbiturate groups is 1. The molecule has 0 aliphatic carbocycles. The molecule has 0 radical (unpaired) electrons. The van der Waals surface area contributed by atoms with Crippen LogP contribution in [0.2, 0.25) is 0 Å². The molecule has 0 unspecified atom stereocenters. The first-order valence-electron chi connectivity index (χ1n) is 8.87. The van der Waals surface area contributed by atoms with E-state index >= 15 is 0 Å². The van der Waals surface area contributed by atoms with Gasteiger partial charge in [-0.2, -0.15) is 0 Å². The number of hydrogen-bond acceptors (Lipinski definition) is 5. The Hall–Kier alpha value is -3.68. The molecule has 2 heterocycles. The van der Waals surface area contributed by atoms with Gasteiger partial charge in [-0.1, -0.05) is 6.07 Å². The molecule has 1 aromatic heterocycles. The summed E-state index contributed by atoms with van der Waals surface area (Å²) in [4.78, 5) is 49.7. The number of aromatic carboxylic acids is 1. The van der Waals surface area contributed by atoms with E-state index < -0.39 is 23.8 Å². The molecule has 0 spiro atoms. The van der Waals surface area contributed by atoms with Gasteiger partial charge in [0.1, 0.15) is 5.57 Å². The second-order valence-corrected chi connectivity index (χ2v) is 7.02. The van der Waals surface area contributed by atoms with Gasteiger partial charge in [0.2, 0.25) is 0 Å². The van der Waals surface area contributed by atoms with Crippen molar-refractivity contribution in [1.82, 2.24) is 14.4 Å². The number of hydrogen-bond donors (Lipinski definition) is 0. The smallest absolute Gasteiger partial charge is 0.333 e. The lowest BCUT2D eigenvalue weighted by Crippen LogP contribution is -2.52. The van der Waals surface area contributed by atoms with Crippen LogP contribution in [-0.4, -0.2) is 52.3 Å². The lowest BCUT2D eigenvalue weighted by Gasteiger charge is -2.28. The Labute approximate surface area is 167 Å². The van der Waals surface area contributed by atoms with Crippen LogP contribution in [-0.2, 0) is 9.59 Å². The summed E-state index contributed by atoms with van der Waals surface area (Å²) in [6.45, 7) is 5.50. The average molecular weight is 394 g/mol. The Morgan fingerprint density at radius 2 is 1.55 bits per heavy atom. The number of amides is 4. The molecule has 1 aliphatic rings. The Balaban J connectivity index is 2.10. The van der Waals surface area contributed by atoms with Gasteiger partial charge in [0, 0.05) is 31.2 Å². The molecule has 1 fully saturated rings. The number of nitrogens with zero attached hydrogens (tertiary/aromatic N) is 3. The van der Waals surface area contributed by atoms with E-state index in [1.807, 2.05) is 24.5 Å². The molecule has 29 heavy (non-hydrogen) atoms. The van der Waals surface area contributed by atoms with E-state index in [-0.39, 0.29) is 11.1 Å². The summed E-state index contributed by atoms with van der Waals surface area (Å²) in [5.41, 5.74) is 3.76. The van der Waals surface area contributed by atoms with Gasteiger partial charge in [-0.25, -0.2) is 4.79 Å². The van der Waals surface area contributed by atoms with E-state index in [4.69, 9.17) is 0 Å². The van der Waals surface area contributed by atoms with Gasteiger partial charge in [-0.3, -0.25) is 19.4 Å². The Kier molecular flexibility index (Phi) is 4.88. The molecule has 8 nitrogen and oxygen atoms in total. The Morgan fingerprint density at radius 1 is 0.966 bits per heavy atom. The maximum atomic E-state index is 12.4. The minimum atomic E-state index is -1.25. The molecular weight excluding hydrogens is 374 g/mol. The monoisotopic (exact) mass is 394 g/mol. The van der Waals surface area contributed by atoms with Gasteiger partial charge < -0.3 is 14.5 Å². The lowest BCUT2D eigenvalue weighted by molar-refractivity contribution is -0.255. The summed E-state index contributed by atoms with van der Waals surface area (Å²) in [6, 6.07) is 5.84. The zero-order valence-electron chi connectivity index (χ0n) is 16.8. The summed E-state index contributed by atoms with van der Waals surface area (Å²) < 4.78 is 1.91. The lowest BCUT2D eigenvalue weighted by atomic mass is 10.1. The maximum absolute atomic E-state index is 12.4. The highest BCUT2D eigenvalue weighted by atomic mass is 16.4. The number of carboxylic acid groups (broad SMARTS) is 1. The third-order valence-electron chi connectivity index (χ3n) is 5.09. The fraction of sp³-hybridized carbons (Fsp3) is 0.238. The molecule has 1 saturated heterocycles. The van der Waals surface area contributed by atoms with Crippen LogP contribution in [0.5, 0.6) is 0 Å². The van der Waals surface area contributed by atoms with Crippen molar-refractivity contribution in [2.45, 2.75) is 20.8 Å². The molecule has 0 saturated carbocycles. The molecule has 3 rings (SSSR count). The first-order chi connectivity index (χ1) is 13.5. The third kappa shape index (κ3) is 3.22. The van der Waals surface area contributed by atoms with Gasteiger partial charge in [0.05, 0.1) is 5.97 Å². The zero-order chi connectivity index (χ0) is 21.6. The van der Waals surface area contributed by atoms with Crippen LogP contribution in [0.25, 0.3) is 11.8 Å². The fourth-order valence-electron chi connectivity index (χ4n) is 3.47. The number of carbonyl (C=O) groups is 4. The first-order valence-corrected chi connectivity index (χ1v) is 8.87. The quantitative estimate of drug-likeness (QED) is 0.575. The van der Waals surface area contributed by atoms with E-state index in [1.54, 1.807) is 13.0 Å². The SMILES string of the molecule is Cc1cc(C(=O)[O-])ccc1-n1c(C)cc(C=C2C(=O)N(C)C(=O)N(C)C2=O)c1C. The normalized spacial score (nSPS) is 14.7. The molecule has 1 aromatic carbocycles. The highest BCUT2D eigenvalue weighted by Gasteiger charge is 2.38. The van der Waals surface area contributed by atoms with E-state index in [1.165, 1.54) is 32.3 Å². The van der Waals surface area contributed by atoms with E-state index in [9.17, 15) is 24.3 Å². The van der Waals surface area contributed by atoms with E-state index in [0.717, 1.165) is 32.4 Å². The summed E-state index contributed by atoms with van der Waals surface area (Å²) >= 11 is 0. The number of aryl methyl sites for hydroxylation is 2. The van der Waals surface area contributed by atoms with Crippen molar-refractivity contribution < 1.29 is 24.3 Å². The van der Waals surface area contributed by atoms with Crippen molar-refractivity contribution >= 4 is 29.9 Å². The number of carboxylic acids is 1. The summed E-state index contributed by atoms with van der Waals surface area (Å²) in [5, 5.41) is 11.1. The van der Waals surface area contributed by atoms with Crippen molar-refractivity contribution in [3.63, 3.8) is 0 Å². The van der Waals surface area contributed by atoms with Crippen molar-refractivity contribution in [3.05, 3.63) is 57.9 Å². The average Bonchev–Trinajstić information content (AvgIpc) is 2.95. The van der Waals surface area contributed by atoms with Gasteiger partial charge in [0.25, 0.3) is 11.8 Å². The first kappa shape index (κ1) is 20.1. The van der Waals surface area contributed by atoms with Crippen molar-refractivity contribution in [2.75, 3.05) is 14.1 Å². The number of imide groups is 2. The van der Waals surface area contributed by atoms with Crippen LogP contribution in [0.1, 0.15) is 32.9 Å². The van der Waals surface area contributed by atoms with E-state index in [0.29, 0.717) is 5.56 Å². The predicted molar refractivity (Wildman–Crippen MR) is 103 cm³/mol. The molecule has 1 aliphatic heterocycles. The number of likely N-dealkylation sites (N-methyl/N-ethyl adjacent to an activating group) is 2. The minimum Gasteiger partial charge on any atom is -0.545 e. The molecule has 150 valence electrons. The second kappa shape index (κ2) is 7.05. The molecular formula is C21H20N3O5-. The van der Waals surface area contributed by atoms with Crippen LogP contribution in [0, 0.1) is 20.8 Å². The predicted octanol–water partition coefficient (Wildman–Crippen LogP) is 1.20. The molecule has 2 aromatic rings. The fourth-order valence-corrected chi connectivity index (χ4v) is 3.47. The van der Waals surface area contributed by atoms with Gasteiger partial charge in [-0.05, 0) is 61.7 Å². The molecule has 0 bridgehead atoms. The molecule has 0 N–H and O–H groups in total. The Bertz CT molecular complexity index is 1080. The van der Waals surface area contributed by atoms with Gasteiger partial charge in [-0.15, -0.1) is 0 Å². The van der Waals surface area contributed by atoms with Crippen LogP contribution in [0.15, 0.2) is 29.8 Å². The highest BCUT2D eigenvalue weighted by molar-refractivity contribution is 6.30. The van der Waals surface area contributed by atoms with Crippen molar-refractivity contribution in [2.24, 2.45) is 0 Å². The number of rotatable bonds is 3. The van der Waals surface area contributed by atoms with E-state index in [2.05, 4.69) is 0 Å². The summed E-state index contributed by atoms with van der Waals surface area (Å²) in [7, 11) is 2.65. The molecule has 4 amide bonds. The highest BCUT2D eigenvalue weighted by Crippen LogP contribution is 2.27. The number of carbonyl (C=O) groups excluding carboxylic acids is 4. The minimum absolute atomic E-state index is 0.0881. The number of aromatic nitrogens is 1. The topological polar surface area (TPSA) is 103 Å². The number of benzene rings is 1. The van der Waals surface area contributed by atoms with Gasteiger partial charge >= 0.3 is 6.03 Å². The third-order valence-corrected chi connectivity index (χ3v) is 5.09. The summed E-state index contributed by atoms with van der Waals surface area (Å²) in [5.74, 6) is -2.56. The second-order valence-electron chi connectivity index (χ2n) is 7.02. The summed E-state index contributed by atoms with van der Waals surface area (Å²) in [6.07, 6.45) is 1.48. The van der Waals surface area contributed by atoms with Crippen LogP contribution in [0.3, 0.4) is 0 Å². The zero-order valence-corrected chi connectivity index (χ0v) is 16.8. The van der Waals surface area contributed by atoms with Gasteiger partial charge in [0.15, 0.2) is 0 Å². The Morgan fingerprint density at radius 3 is 2.07 bits per heavy atom. The van der Waals surface area contributed by atoms with Crippen LogP contribution in [0.4, 0.5) is 4.79 Å². The largest absolute Gasteiger partial charge is 0.545 e. The molecule has 0 atom stereocenters. The van der Waals surface area contributed by atoms with Crippen molar-refractivity contribution in [3.8, 4) is 5.69 Å². The van der Waals surface area contributed by atoms with Crippen LogP contribution >= 0.6 is 0 Å². The number of urea groups is 1.